The van der Waals surface area contributed by atoms with Crippen molar-refractivity contribution in [1.29, 1.82) is 0 Å². The number of aromatic nitrogens is 2. The van der Waals surface area contributed by atoms with Crippen LogP contribution in [-0.4, -0.2) is 22.9 Å². The van der Waals surface area contributed by atoms with Gasteiger partial charge in [-0.05, 0) is 50.1 Å². The topological polar surface area (TPSA) is 29.9 Å². The molecule has 0 saturated heterocycles. The molecule has 0 radical (unpaired) electrons. The van der Waals surface area contributed by atoms with Crippen LogP contribution in [-0.2, 0) is 7.05 Å². The highest BCUT2D eigenvalue weighted by Crippen LogP contribution is 2.44. The first-order valence-corrected chi connectivity index (χ1v) is 8.30. The molecule has 1 aromatic rings. The number of rotatable bonds is 5. The molecule has 1 fully saturated rings. The molecule has 1 aromatic heterocycles. The summed E-state index contributed by atoms with van der Waals surface area (Å²) in [5.74, 6) is 2.78. The van der Waals surface area contributed by atoms with Gasteiger partial charge in [-0.25, -0.2) is 0 Å². The minimum absolute atomic E-state index is 0.537. The van der Waals surface area contributed by atoms with E-state index in [0.29, 0.717) is 11.8 Å². The summed E-state index contributed by atoms with van der Waals surface area (Å²) in [6, 6.07) is 0. The first kappa shape index (κ1) is 15.8. The standard InChI is InChI=1S/C16H28ClN3/c1-5-18-9-13-7-6-12(11(2)3)8-14(13)16-15(17)10-19-20(16)4/h10-14,18H,5-9H2,1-4H3. The lowest BCUT2D eigenvalue weighted by molar-refractivity contribution is 0.186. The van der Waals surface area contributed by atoms with Crippen LogP contribution >= 0.6 is 11.6 Å². The molecule has 0 aromatic carbocycles. The molecule has 1 heterocycles. The SMILES string of the molecule is CCNCC1CCC(C(C)C)CC1c1c(Cl)cnn1C. The van der Waals surface area contributed by atoms with E-state index < -0.39 is 0 Å². The molecule has 1 aliphatic carbocycles. The number of halogens is 1. The maximum absolute atomic E-state index is 6.40. The van der Waals surface area contributed by atoms with Gasteiger partial charge in [0, 0.05) is 13.0 Å². The number of hydrogen-bond acceptors (Lipinski definition) is 2. The van der Waals surface area contributed by atoms with Crippen LogP contribution in [0.25, 0.3) is 0 Å². The summed E-state index contributed by atoms with van der Waals surface area (Å²) in [6.45, 7) is 8.99. The Kier molecular flexibility index (Phi) is 5.50. The van der Waals surface area contributed by atoms with Crippen LogP contribution in [0.4, 0.5) is 0 Å². The van der Waals surface area contributed by atoms with Crippen LogP contribution < -0.4 is 5.32 Å². The fourth-order valence-electron chi connectivity index (χ4n) is 3.62. The van der Waals surface area contributed by atoms with Crippen LogP contribution in [0.2, 0.25) is 5.02 Å². The quantitative estimate of drug-likeness (QED) is 0.895. The van der Waals surface area contributed by atoms with Crippen molar-refractivity contribution in [2.24, 2.45) is 24.8 Å². The Bertz CT molecular complexity index is 408. The molecule has 3 unspecified atom stereocenters. The van der Waals surface area contributed by atoms with E-state index in [4.69, 9.17) is 11.6 Å². The molecule has 0 aliphatic heterocycles. The van der Waals surface area contributed by atoms with Crippen molar-refractivity contribution in [3.05, 3.63) is 16.9 Å². The minimum Gasteiger partial charge on any atom is -0.317 e. The van der Waals surface area contributed by atoms with E-state index in [9.17, 15) is 0 Å². The Hall–Kier alpha value is -0.540. The summed E-state index contributed by atoms with van der Waals surface area (Å²) in [6.07, 6.45) is 5.68. The third-order valence-electron chi connectivity index (χ3n) is 4.92. The van der Waals surface area contributed by atoms with E-state index in [2.05, 4.69) is 31.2 Å². The lowest BCUT2D eigenvalue weighted by Gasteiger charge is -2.38. The Morgan fingerprint density at radius 2 is 2.20 bits per heavy atom. The summed E-state index contributed by atoms with van der Waals surface area (Å²) in [7, 11) is 2.02. The number of hydrogen-bond donors (Lipinski definition) is 1. The predicted octanol–water partition coefficient (Wildman–Crippen LogP) is 3.84. The molecule has 0 bridgehead atoms. The van der Waals surface area contributed by atoms with Crippen molar-refractivity contribution in [2.75, 3.05) is 13.1 Å². The Balaban J connectivity index is 2.21. The first-order chi connectivity index (χ1) is 9.54. The van der Waals surface area contributed by atoms with Crippen LogP contribution in [0, 0.1) is 17.8 Å². The summed E-state index contributed by atoms with van der Waals surface area (Å²) in [5.41, 5.74) is 1.24. The van der Waals surface area contributed by atoms with E-state index in [1.807, 2.05) is 11.7 Å². The molecule has 0 spiro atoms. The highest BCUT2D eigenvalue weighted by atomic mass is 35.5. The van der Waals surface area contributed by atoms with E-state index in [0.717, 1.165) is 29.9 Å². The second kappa shape index (κ2) is 6.95. The van der Waals surface area contributed by atoms with Crippen LogP contribution in [0.3, 0.4) is 0 Å². The summed E-state index contributed by atoms with van der Waals surface area (Å²) >= 11 is 6.40. The molecule has 1 aliphatic rings. The monoisotopic (exact) mass is 297 g/mol. The zero-order valence-electron chi connectivity index (χ0n) is 13.2. The molecule has 114 valence electrons. The maximum atomic E-state index is 6.40. The highest BCUT2D eigenvalue weighted by Gasteiger charge is 2.35. The lowest BCUT2D eigenvalue weighted by Crippen LogP contribution is -2.34. The molecule has 1 N–H and O–H groups in total. The van der Waals surface area contributed by atoms with E-state index in [-0.39, 0.29) is 0 Å². The average molecular weight is 298 g/mol. The summed E-state index contributed by atoms with van der Waals surface area (Å²) < 4.78 is 1.98. The predicted molar refractivity (Wildman–Crippen MR) is 85.2 cm³/mol. The molecule has 1 saturated carbocycles. The largest absolute Gasteiger partial charge is 0.317 e. The van der Waals surface area contributed by atoms with Crippen molar-refractivity contribution in [2.45, 2.75) is 46.0 Å². The zero-order valence-corrected chi connectivity index (χ0v) is 14.0. The van der Waals surface area contributed by atoms with Gasteiger partial charge in [0.1, 0.15) is 0 Å². The molecule has 3 nitrogen and oxygen atoms in total. The summed E-state index contributed by atoms with van der Waals surface area (Å²) in [4.78, 5) is 0. The molecule has 2 rings (SSSR count). The van der Waals surface area contributed by atoms with Gasteiger partial charge in [0.15, 0.2) is 0 Å². The zero-order chi connectivity index (χ0) is 14.7. The molecule has 0 amide bonds. The Labute approximate surface area is 128 Å². The van der Waals surface area contributed by atoms with Gasteiger partial charge in [-0.15, -0.1) is 0 Å². The molecule has 3 atom stereocenters. The molecule has 20 heavy (non-hydrogen) atoms. The van der Waals surface area contributed by atoms with Gasteiger partial charge < -0.3 is 5.32 Å². The van der Waals surface area contributed by atoms with Crippen LogP contribution in [0.15, 0.2) is 6.20 Å². The molecule has 4 heteroatoms. The van der Waals surface area contributed by atoms with E-state index >= 15 is 0 Å². The van der Waals surface area contributed by atoms with Gasteiger partial charge in [0.2, 0.25) is 0 Å². The first-order valence-electron chi connectivity index (χ1n) is 7.92. The Morgan fingerprint density at radius 3 is 2.75 bits per heavy atom. The normalized spacial score (nSPS) is 27.2. The average Bonchev–Trinajstić information content (AvgIpc) is 2.75. The third kappa shape index (κ3) is 3.37. The molecular formula is C16H28ClN3. The fourth-order valence-corrected chi connectivity index (χ4v) is 3.92. The van der Waals surface area contributed by atoms with Crippen molar-refractivity contribution in [1.82, 2.24) is 15.1 Å². The van der Waals surface area contributed by atoms with Crippen molar-refractivity contribution in [3.8, 4) is 0 Å². The third-order valence-corrected chi connectivity index (χ3v) is 5.21. The van der Waals surface area contributed by atoms with Crippen molar-refractivity contribution < 1.29 is 0 Å². The highest BCUT2D eigenvalue weighted by molar-refractivity contribution is 6.31. The number of aryl methyl sites for hydroxylation is 1. The van der Waals surface area contributed by atoms with Gasteiger partial charge in [-0.3, -0.25) is 4.68 Å². The van der Waals surface area contributed by atoms with E-state index in [1.54, 1.807) is 6.20 Å². The van der Waals surface area contributed by atoms with Gasteiger partial charge in [-0.2, -0.15) is 5.10 Å². The lowest BCUT2D eigenvalue weighted by atomic mass is 9.69. The number of nitrogens with zero attached hydrogens (tertiary/aromatic N) is 2. The second-order valence-corrected chi connectivity index (χ2v) is 6.90. The fraction of sp³-hybridized carbons (Fsp3) is 0.812. The van der Waals surface area contributed by atoms with E-state index in [1.165, 1.54) is 25.0 Å². The number of nitrogens with one attached hydrogen (secondary N) is 1. The maximum Gasteiger partial charge on any atom is 0.0820 e. The van der Waals surface area contributed by atoms with Crippen molar-refractivity contribution >= 4 is 11.6 Å². The van der Waals surface area contributed by atoms with Gasteiger partial charge in [0.05, 0.1) is 16.9 Å². The summed E-state index contributed by atoms with van der Waals surface area (Å²) in [5, 5.41) is 8.70. The van der Waals surface area contributed by atoms with Crippen LogP contribution in [0.1, 0.15) is 51.6 Å². The minimum atomic E-state index is 0.537. The van der Waals surface area contributed by atoms with Crippen LogP contribution in [0.5, 0.6) is 0 Å². The smallest absolute Gasteiger partial charge is 0.0820 e. The van der Waals surface area contributed by atoms with Gasteiger partial charge in [0.25, 0.3) is 0 Å². The molecular weight excluding hydrogens is 270 g/mol. The Morgan fingerprint density at radius 1 is 1.45 bits per heavy atom. The second-order valence-electron chi connectivity index (χ2n) is 6.49. The van der Waals surface area contributed by atoms with Crippen molar-refractivity contribution in [3.63, 3.8) is 0 Å². The van der Waals surface area contributed by atoms with Gasteiger partial charge in [-0.1, -0.05) is 32.4 Å². The van der Waals surface area contributed by atoms with Gasteiger partial charge >= 0.3 is 0 Å².